The molecule has 2 rings (SSSR count). The normalized spacial score (nSPS) is 11.5. The molecule has 0 aromatic heterocycles. The lowest BCUT2D eigenvalue weighted by molar-refractivity contribution is -0.122. The Morgan fingerprint density at radius 2 is 1.88 bits per heavy atom. The van der Waals surface area contributed by atoms with Gasteiger partial charge in [0, 0.05) is 0 Å². The van der Waals surface area contributed by atoms with E-state index in [1.807, 2.05) is 0 Å². The average Bonchev–Trinajstić information content (AvgIpc) is 2.62. The van der Waals surface area contributed by atoms with Gasteiger partial charge in [-0.2, -0.15) is 0 Å². The number of benzene rings is 2. The van der Waals surface area contributed by atoms with Crippen molar-refractivity contribution >= 4 is 29.2 Å². The monoisotopic (exact) mass is 365 g/mol. The van der Waals surface area contributed by atoms with Gasteiger partial charge in [-0.3, -0.25) is 4.79 Å². The van der Waals surface area contributed by atoms with E-state index in [0.29, 0.717) is 12.2 Å². The van der Waals surface area contributed by atoms with Gasteiger partial charge < -0.3 is 14.8 Å². The predicted octanol–water partition coefficient (Wildman–Crippen LogP) is 4.06. The molecule has 0 aliphatic carbocycles. The number of nitrogens with one attached hydrogen (secondary N) is 1. The van der Waals surface area contributed by atoms with Gasteiger partial charge in [0.05, 0.1) is 23.4 Å². The zero-order valence-corrected chi connectivity index (χ0v) is 14.5. The Balaban J connectivity index is 2.13. The Labute approximate surface area is 149 Å². The van der Waals surface area contributed by atoms with Crippen LogP contribution in [0.3, 0.4) is 0 Å². The summed E-state index contributed by atoms with van der Waals surface area (Å²) in [4.78, 5) is 24.0. The van der Waals surface area contributed by atoms with Crippen molar-refractivity contribution in [1.82, 2.24) is 0 Å². The van der Waals surface area contributed by atoms with Crippen LogP contribution in [0.15, 0.2) is 42.5 Å². The maximum absolute atomic E-state index is 12.9. The number of carbonyl (C=O) groups is 2. The molecule has 25 heavy (non-hydrogen) atoms. The third kappa shape index (κ3) is 4.93. The fraction of sp³-hybridized carbons (Fsp3) is 0.222. The second kappa shape index (κ2) is 8.48. The molecule has 0 radical (unpaired) electrons. The minimum atomic E-state index is -0.802. The zero-order chi connectivity index (χ0) is 18.4. The van der Waals surface area contributed by atoms with Crippen molar-refractivity contribution < 1.29 is 23.5 Å². The molecule has 0 unspecified atom stereocenters. The maximum Gasteiger partial charge on any atom is 0.337 e. The van der Waals surface area contributed by atoms with Crippen LogP contribution in [-0.4, -0.2) is 25.1 Å². The molecule has 0 aliphatic rings. The first kappa shape index (κ1) is 18.7. The molecule has 0 saturated heterocycles. The second-order valence-corrected chi connectivity index (χ2v) is 5.55. The average molecular weight is 366 g/mol. The van der Waals surface area contributed by atoms with Crippen molar-refractivity contribution in [2.75, 3.05) is 12.4 Å². The molecule has 7 heteroatoms. The van der Waals surface area contributed by atoms with Crippen LogP contribution in [-0.2, 0) is 9.53 Å². The number of amides is 1. The topological polar surface area (TPSA) is 64.6 Å². The highest BCUT2D eigenvalue weighted by molar-refractivity contribution is 6.33. The van der Waals surface area contributed by atoms with E-state index in [4.69, 9.17) is 16.3 Å². The van der Waals surface area contributed by atoms with Crippen molar-refractivity contribution in [2.24, 2.45) is 0 Å². The molecule has 0 heterocycles. The molecule has 2 aromatic carbocycles. The van der Waals surface area contributed by atoms with Crippen LogP contribution < -0.4 is 10.1 Å². The summed E-state index contributed by atoms with van der Waals surface area (Å²) in [6, 6.07) is 9.79. The molecule has 132 valence electrons. The van der Waals surface area contributed by atoms with E-state index in [9.17, 15) is 14.0 Å². The standard InChI is InChI=1S/C18H17ClFNO4/c1-3-16(25-13-7-5-12(20)6-8-13)17(22)21-15-10-11(18(23)24-2)4-9-14(15)19/h4-10,16H,3H2,1-2H3,(H,21,22)/t16-/m1/s1. The fourth-order valence-corrected chi connectivity index (χ4v) is 2.24. The Morgan fingerprint density at radius 1 is 1.20 bits per heavy atom. The summed E-state index contributed by atoms with van der Waals surface area (Å²) >= 11 is 6.06. The van der Waals surface area contributed by atoms with Gasteiger partial charge in [0.1, 0.15) is 11.6 Å². The number of halogens is 2. The van der Waals surface area contributed by atoms with Crippen molar-refractivity contribution in [3.05, 3.63) is 58.9 Å². The lowest BCUT2D eigenvalue weighted by atomic mass is 10.2. The largest absolute Gasteiger partial charge is 0.481 e. The maximum atomic E-state index is 12.9. The van der Waals surface area contributed by atoms with Crippen molar-refractivity contribution in [3.8, 4) is 5.75 Å². The third-order valence-electron chi connectivity index (χ3n) is 3.40. The van der Waals surface area contributed by atoms with Crippen molar-refractivity contribution in [2.45, 2.75) is 19.4 Å². The Hall–Kier alpha value is -2.60. The van der Waals surface area contributed by atoms with Crippen LogP contribution in [0.25, 0.3) is 0 Å². The molecule has 0 spiro atoms. The summed E-state index contributed by atoms with van der Waals surface area (Å²) in [6.07, 6.45) is -0.416. The summed E-state index contributed by atoms with van der Waals surface area (Å²) in [5, 5.41) is 2.91. The van der Waals surface area contributed by atoms with Crippen LogP contribution in [0.4, 0.5) is 10.1 Å². The fourth-order valence-electron chi connectivity index (χ4n) is 2.08. The van der Waals surface area contributed by atoms with Crippen LogP contribution in [0.5, 0.6) is 5.75 Å². The van der Waals surface area contributed by atoms with Gasteiger partial charge >= 0.3 is 5.97 Å². The first-order valence-corrected chi connectivity index (χ1v) is 7.93. The molecular weight excluding hydrogens is 349 g/mol. The molecule has 0 fully saturated rings. The summed E-state index contributed by atoms with van der Waals surface area (Å²) in [5.41, 5.74) is 0.533. The number of ether oxygens (including phenoxy) is 2. The van der Waals surface area contributed by atoms with Gasteiger partial charge in [-0.1, -0.05) is 18.5 Å². The quantitative estimate of drug-likeness (QED) is 0.784. The number of hydrogen-bond donors (Lipinski definition) is 1. The van der Waals surface area contributed by atoms with Crippen molar-refractivity contribution in [1.29, 1.82) is 0 Å². The van der Waals surface area contributed by atoms with Crippen LogP contribution in [0.2, 0.25) is 5.02 Å². The molecule has 0 aliphatic heterocycles. The van der Waals surface area contributed by atoms with E-state index < -0.39 is 23.8 Å². The van der Waals surface area contributed by atoms with E-state index in [2.05, 4.69) is 10.1 Å². The van der Waals surface area contributed by atoms with Gasteiger partial charge in [-0.05, 0) is 48.9 Å². The van der Waals surface area contributed by atoms with E-state index in [-0.39, 0.29) is 16.3 Å². The van der Waals surface area contributed by atoms with Crippen molar-refractivity contribution in [3.63, 3.8) is 0 Å². The minimum Gasteiger partial charge on any atom is -0.481 e. The summed E-state index contributed by atoms with van der Waals surface area (Å²) in [7, 11) is 1.26. The molecule has 2 aromatic rings. The lowest BCUT2D eigenvalue weighted by Crippen LogP contribution is -2.32. The second-order valence-electron chi connectivity index (χ2n) is 5.14. The van der Waals surface area contributed by atoms with Gasteiger partial charge in [0.25, 0.3) is 5.91 Å². The van der Waals surface area contributed by atoms with Gasteiger partial charge in [0.15, 0.2) is 6.10 Å². The SMILES string of the molecule is CC[C@@H](Oc1ccc(F)cc1)C(=O)Nc1cc(C(=O)OC)ccc1Cl. The Morgan fingerprint density at radius 3 is 2.48 bits per heavy atom. The lowest BCUT2D eigenvalue weighted by Gasteiger charge is -2.18. The molecule has 1 amide bonds. The highest BCUT2D eigenvalue weighted by Gasteiger charge is 2.20. The third-order valence-corrected chi connectivity index (χ3v) is 3.73. The number of carbonyl (C=O) groups excluding carboxylic acids is 2. The van der Waals surface area contributed by atoms with Gasteiger partial charge in [-0.15, -0.1) is 0 Å². The number of rotatable bonds is 6. The first-order valence-electron chi connectivity index (χ1n) is 7.55. The van der Waals surface area contributed by atoms with Crippen LogP contribution in [0, 0.1) is 5.82 Å². The van der Waals surface area contributed by atoms with E-state index in [1.165, 1.54) is 49.6 Å². The number of anilines is 1. The number of methoxy groups -OCH3 is 1. The summed E-state index contributed by atoms with van der Waals surface area (Å²) in [5.74, 6) is -0.994. The van der Waals surface area contributed by atoms with E-state index >= 15 is 0 Å². The zero-order valence-electron chi connectivity index (χ0n) is 13.7. The summed E-state index contributed by atoms with van der Waals surface area (Å²) < 4.78 is 23.2. The number of hydrogen-bond acceptors (Lipinski definition) is 4. The molecule has 0 bridgehead atoms. The predicted molar refractivity (Wildman–Crippen MR) is 92.5 cm³/mol. The molecule has 1 N–H and O–H groups in total. The first-order chi connectivity index (χ1) is 11.9. The Bertz CT molecular complexity index is 764. The molecule has 0 saturated carbocycles. The smallest absolute Gasteiger partial charge is 0.337 e. The van der Waals surface area contributed by atoms with Crippen LogP contribution >= 0.6 is 11.6 Å². The minimum absolute atomic E-state index is 0.259. The number of esters is 1. The van der Waals surface area contributed by atoms with Crippen LogP contribution in [0.1, 0.15) is 23.7 Å². The molecule has 1 atom stereocenters. The Kier molecular flexibility index (Phi) is 6.36. The van der Waals surface area contributed by atoms with Gasteiger partial charge in [-0.25, -0.2) is 9.18 Å². The van der Waals surface area contributed by atoms with Gasteiger partial charge in [0.2, 0.25) is 0 Å². The van der Waals surface area contributed by atoms with E-state index in [1.54, 1.807) is 6.92 Å². The van der Waals surface area contributed by atoms with E-state index in [0.717, 1.165) is 0 Å². The summed E-state index contributed by atoms with van der Waals surface area (Å²) in [6.45, 7) is 1.78. The molecule has 5 nitrogen and oxygen atoms in total. The highest BCUT2D eigenvalue weighted by Crippen LogP contribution is 2.24. The molecular formula is C18H17ClFNO4. The highest BCUT2D eigenvalue weighted by atomic mass is 35.5.